The van der Waals surface area contributed by atoms with Gasteiger partial charge >= 0.3 is 0 Å². The molecule has 0 amide bonds. The Morgan fingerprint density at radius 3 is 2.22 bits per heavy atom. The molecule has 0 aromatic rings. The fourth-order valence-corrected chi connectivity index (χ4v) is 3.29. The van der Waals surface area contributed by atoms with Gasteiger partial charge in [0.1, 0.15) is 12.1 Å². The third-order valence-electron chi connectivity index (χ3n) is 5.26. The highest BCUT2D eigenvalue weighted by atomic mass is 16.5. The van der Waals surface area contributed by atoms with E-state index in [9.17, 15) is 9.59 Å². The molecule has 0 atom stereocenters. The number of carbonyl (C=O) groups is 2. The number of aldehydes is 1. The van der Waals surface area contributed by atoms with E-state index in [1.165, 1.54) is 32.1 Å². The zero-order chi connectivity index (χ0) is 20.5. The molecule has 27 heavy (non-hydrogen) atoms. The van der Waals surface area contributed by atoms with Crippen molar-refractivity contribution in [2.75, 3.05) is 34.0 Å². The van der Waals surface area contributed by atoms with Gasteiger partial charge in [-0.25, -0.2) is 0 Å². The van der Waals surface area contributed by atoms with Crippen LogP contribution in [-0.4, -0.2) is 52.1 Å². The van der Waals surface area contributed by atoms with E-state index in [1.807, 2.05) is 27.8 Å². The van der Waals surface area contributed by atoms with E-state index < -0.39 is 0 Å². The number of ketones is 1. The molecular weight excluding hydrogens is 342 g/mol. The maximum atomic E-state index is 11.4. The van der Waals surface area contributed by atoms with E-state index in [-0.39, 0.29) is 5.92 Å². The number of Topliss-reactive ketones (excluding diaryl/α,β-unsaturated/α-hetero) is 1. The van der Waals surface area contributed by atoms with Crippen molar-refractivity contribution in [3.05, 3.63) is 0 Å². The second-order valence-electron chi connectivity index (χ2n) is 7.82. The fraction of sp³-hybridized carbons (Fsp3) is 0.909. The highest BCUT2D eigenvalue weighted by Crippen LogP contribution is 2.29. The van der Waals surface area contributed by atoms with Crippen molar-refractivity contribution in [3.63, 3.8) is 0 Å². The molecule has 0 saturated heterocycles. The molecule has 2 aliphatic rings. The molecule has 2 rings (SSSR count). The molecule has 0 spiro atoms. The first kappa shape index (κ1) is 26.2. The molecule has 2 aliphatic carbocycles. The minimum atomic E-state index is 0.220. The predicted octanol–water partition coefficient (Wildman–Crippen LogP) is 4.03. The summed E-state index contributed by atoms with van der Waals surface area (Å²) in [7, 11) is 3.64. The van der Waals surface area contributed by atoms with E-state index in [1.54, 1.807) is 7.11 Å². The molecule has 0 bridgehead atoms. The van der Waals surface area contributed by atoms with E-state index in [0.717, 1.165) is 38.3 Å². The largest absolute Gasteiger partial charge is 0.385 e. The number of ether oxygens (including phenoxy) is 2. The van der Waals surface area contributed by atoms with E-state index in [2.05, 4.69) is 10.1 Å². The third-order valence-corrected chi connectivity index (χ3v) is 5.26. The lowest BCUT2D eigenvalue weighted by Crippen LogP contribution is -2.43. The van der Waals surface area contributed by atoms with Crippen LogP contribution >= 0.6 is 0 Å². The van der Waals surface area contributed by atoms with Crippen molar-refractivity contribution >= 4 is 12.1 Å². The van der Waals surface area contributed by atoms with Crippen LogP contribution in [0.5, 0.6) is 0 Å². The maximum absolute atomic E-state index is 11.4. The summed E-state index contributed by atoms with van der Waals surface area (Å²) in [5, 5.41) is 3.17. The van der Waals surface area contributed by atoms with Crippen LogP contribution in [0, 0.1) is 17.8 Å². The lowest BCUT2D eigenvalue weighted by molar-refractivity contribution is -0.129. The van der Waals surface area contributed by atoms with E-state index in [4.69, 9.17) is 4.74 Å². The Morgan fingerprint density at radius 2 is 1.78 bits per heavy atom. The SMILES string of the molecule is CCOC.CNC1CC(C(=O)C(C)C)C1.O=CCCOCC1CCCCC1. The first-order valence-electron chi connectivity index (χ1n) is 10.7. The Morgan fingerprint density at radius 1 is 1.19 bits per heavy atom. The summed E-state index contributed by atoms with van der Waals surface area (Å²) in [5.74, 6) is 1.78. The molecular formula is C22H43NO4. The zero-order valence-corrected chi connectivity index (χ0v) is 18.3. The van der Waals surface area contributed by atoms with Gasteiger partial charge in [-0.05, 0) is 45.6 Å². The topological polar surface area (TPSA) is 64.6 Å². The molecule has 5 heteroatoms. The van der Waals surface area contributed by atoms with Gasteiger partial charge < -0.3 is 19.6 Å². The molecule has 0 aliphatic heterocycles. The Bertz CT molecular complexity index is 359. The Balaban J connectivity index is 0.000000421. The summed E-state index contributed by atoms with van der Waals surface area (Å²) in [6.45, 7) is 8.22. The van der Waals surface area contributed by atoms with Crippen LogP contribution in [0.15, 0.2) is 0 Å². The predicted molar refractivity (Wildman–Crippen MR) is 111 cm³/mol. The van der Waals surface area contributed by atoms with E-state index in [0.29, 0.717) is 30.8 Å². The molecule has 0 radical (unpaired) electrons. The summed E-state index contributed by atoms with van der Waals surface area (Å²) in [5.41, 5.74) is 0. The van der Waals surface area contributed by atoms with Crippen molar-refractivity contribution in [1.29, 1.82) is 0 Å². The molecule has 0 aromatic carbocycles. The van der Waals surface area contributed by atoms with Gasteiger partial charge in [0.05, 0.1) is 6.61 Å². The van der Waals surface area contributed by atoms with Crippen LogP contribution < -0.4 is 5.32 Å². The highest BCUT2D eigenvalue weighted by Gasteiger charge is 2.33. The van der Waals surface area contributed by atoms with Gasteiger partial charge in [-0.15, -0.1) is 0 Å². The van der Waals surface area contributed by atoms with Crippen LogP contribution in [0.1, 0.15) is 72.1 Å². The van der Waals surface area contributed by atoms with Crippen LogP contribution in [0.3, 0.4) is 0 Å². The number of nitrogens with one attached hydrogen (secondary N) is 1. The van der Waals surface area contributed by atoms with Crippen molar-refractivity contribution in [3.8, 4) is 0 Å². The van der Waals surface area contributed by atoms with Gasteiger partial charge in [0.15, 0.2) is 0 Å². The van der Waals surface area contributed by atoms with Gasteiger partial charge in [-0.3, -0.25) is 4.79 Å². The Hall–Kier alpha value is -0.780. The minimum absolute atomic E-state index is 0.220. The lowest BCUT2D eigenvalue weighted by Gasteiger charge is -2.34. The average Bonchev–Trinajstić information content (AvgIpc) is 2.66. The summed E-state index contributed by atoms with van der Waals surface area (Å²) < 4.78 is 9.92. The van der Waals surface area contributed by atoms with Crippen molar-refractivity contribution in [1.82, 2.24) is 5.32 Å². The zero-order valence-electron chi connectivity index (χ0n) is 18.3. The first-order valence-corrected chi connectivity index (χ1v) is 10.7. The summed E-state index contributed by atoms with van der Waals surface area (Å²) in [6.07, 6.45) is 10.3. The van der Waals surface area contributed by atoms with Crippen LogP contribution in [0.4, 0.5) is 0 Å². The molecule has 1 N–H and O–H groups in total. The Kier molecular flexibility index (Phi) is 16.8. The molecule has 2 fully saturated rings. The molecule has 0 unspecified atom stereocenters. The van der Waals surface area contributed by atoms with Crippen LogP contribution in [-0.2, 0) is 19.1 Å². The molecule has 160 valence electrons. The third kappa shape index (κ3) is 13.1. The van der Waals surface area contributed by atoms with Crippen molar-refractivity contribution < 1.29 is 19.1 Å². The quantitative estimate of drug-likeness (QED) is 0.479. The minimum Gasteiger partial charge on any atom is -0.385 e. The summed E-state index contributed by atoms with van der Waals surface area (Å²) in [4.78, 5) is 21.3. The number of methoxy groups -OCH3 is 1. The summed E-state index contributed by atoms with van der Waals surface area (Å²) >= 11 is 0. The number of carbonyl (C=O) groups excluding carboxylic acids is 2. The normalized spacial score (nSPS) is 22.0. The smallest absolute Gasteiger partial charge is 0.138 e. The first-order chi connectivity index (χ1) is 13.0. The van der Waals surface area contributed by atoms with Crippen LogP contribution in [0.25, 0.3) is 0 Å². The number of hydrogen-bond acceptors (Lipinski definition) is 5. The maximum Gasteiger partial charge on any atom is 0.138 e. The monoisotopic (exact) mass is 385 g/mol. The van der Waals surface area contributed by atoms with Crippen molar-refractivity contribution in [2.24, 2.45) is 17.8 Å². The van der Waals surface area contributed by atoms with Gasteiger partial charge in [0, 0.05) is 44.6 Å². The number of hydrogen-bond donors (Lipinski definition) is 1. The van der Waals surface area contributed by atoms with Gasteiger partial charge in [-0.1, -0.05) is 33.1 Å². The second kappa shape index (κ2) is 17.3. The molecule has 2 saturated carbocycles. The standard InChI is InChI=1S/C10H18O2.C9H17NO.C3H8O/c11-7-4-8-12-9-10-5-2-1-3-6-10;1-6(2)9(11)7-4-8(5-7)10-3;1-3-4-2/h7,10H,1-6,8-9H2;6-8,10H,4-5H2,1-3H3;3H2,1-2H3. The van der Waals surface area contributed by atoms with Gasteiger partial charge in [0.2, 0.25) is 0 Å². The Labute approximate surface area is 167 Å². The lowest BCUT2D eigenvalue weighted by atomic mass is 9.75. The van der Waals surface area contributed by atoms with Gasteiger partial charge in [-0.2, -0.15) is 0 Å². The number of rotatable bonds is 9. The van der Waals surface area contributed by atoms with Gasteiger partial charge in [0.25, 0.3) is 0 Å². The average molecular weight is 386 g/mol. The second-order valence-corrected chi connectivity index (χ2v) is 7.82. The molecule has 0 aromatic heterocycles. The highest BCUT2D eigenvalue weighted by molar-refractivity contribution is 5.83. The molecule has 5 nitrogen and oxygen atoms in total. The molecule has 0 heterocycles. The van der Waals surface area contributed by atoms with Crippen LogP contribution in [0.2, 0.25) is 0 Å². The fourth-order valence-electron chi connectivity index (χ4n) is 3.29. The summed E-state index contributed by atoms with van der Waals surface area (Å²) in [6, 6.07) is 0.600. The van der Waals surface area contributed by atoms with E-state index >= 15 is 0 Å². The van der Waals surface area contributed by atoms with Crippen molar-refractivity contribution in [2.45, 2.75) is 78.2 Å².